The molecule has 96 valence electrons. The Morgan fingerprint density at radius 2 is 2.00 bits per heavy atom. The van der Waals surface area contributed by atoms with E-state index in [1.165, 1.54) is 0 Å². The molecule has 3 nitrogen and oxygen atoms in total. The van der Waals surface area contributed by atoms with E-state index in [2.05, 4.69) is 25.2 Å². The summed E-state index contributed by atoms with van der Waals surface area (Å²) in [6, 6.07) is 8.04. The van der Waals surface area contributed by atoms with Gasteiger partial charge in [-0.15, -0.1) is 0 Å². The number of methoxy groups -OCH3 is 1. The number of hydrogen-bond acceptors (Lipinski definition) is 3. The smallest absolute Gasteiger partial charge is 0.124 e. The van der Waals surface area contributed by atoms with E-state index < -0.39 is 0 Å². The van der Waals surface area contributed by atoms with E-state index in [1.807, 2.05) is 18.2 Å². The Morgan fingerprint density at radius 3 is 2.65 bits per heavy atom. The van der Waals surface area contributed by atoms with Crippen LogP contribution >= 0.6 is 0 Å². The third-order valence-electron chi connectivity index (χ3n) is 2.59. The molecule has 0 bridgehead atoms. The first kappa shape index (κ1) is 14.0. The molecular formula is C14H23NO2. The Bertz CT molecular complexity index is 307. The van der Waals surface area contributed by atoms with Gasteiger partial charge >= 0.3 is 0 Å². The van der Waals surface area contributed by atoms with E-state index in [1.54, 1.807) is 7.11 Å². The molecule has 1 rings (SSSR count). The zero-order chi connectivity index (χ0) is 12.5. The second-order valence-electron chi connectivity index (χ2n) is 3.91. The number of likely N-dealkylation sites (N-methyl/N-ethyl adjacent to an activating group) is 1. The molecule has 0 aliphatic heterocycles. The van der Waals surface area contributed by atoms with Crippen molar-refractivity contribution < 1.29 is 9.47 Å². The lowest BCUT2D eigenvalue weighted by atomic mass is 10.1. The molecule has 0 saturated heterocycles. The van der Waals surface area contributed by atoms with Crippen LogP contribution in [0, 0.1) is 0 Å². The van der Waals surface area contributed by atoms with Crippen LogP contribution in [0.15, 0.2) is 24.3 Å². The van der Waals surface area contributed by atoms with Crippen LogP contribution in [0.4, 0.5) is 0 Å². The molecule has 0 amide bonds. The molecule has 1 unspecified atom stereocenters. The second-order valence-corrected chi connectivity index (χ2v) is 3.91. The standard InChI is InChI=1S/C14H23NO2/c1-4-10-17-14(11-15-5-2)12-8-6-7-9-13(12)16-3/h6-9,14-15H,4-5,10-11H2,1-3H3. The van der Waals surface area contributed by atoms with Crippen molar-refractivity contribution in [2.45, 2.75) is 26.4 Å². The van der Waals surface area contributed by atoms with Gasteiger partial charge in [0.1, 0.15) is 5.75 Å². The molecule has 1 aromatic rings. The fourth-order valence-corrected chi connectivity index (χ4v) is 1.73. The first-order chi connectivity index (χ1) is 8.33. The molecule has 0 radical (unpaired) electrons. The van der Waals surface area contributed by atoms with Gasteiger partial charge in [-0.25, -0.2) is 0 Å². The minimum Gasteiger partial charge on any atom is -0.496 e. The van der Waals surface area contributed by atoms with E-state index in [4.69, 9.17) is 9.47 Å². The summed E-state index contributed by atoms with van der Waals surface area (Å²) in [7, 11) is 1.70. The van der Waals surface area contributed by atoms with Gasteiger partial charge in [-0.2, -0.15) is 0 Å². The summed E-state index contributed by atoms with van der Waals surface area (Å²) in [5.41, 5.74) is 1.12. The summed E-state index contributed by atoms with van der Waals surface area (Å²) in [6.45, 7) is 6.75. The van der Waals surface area contributed by atoms with Crippen molar-refractivity contribution in [1.82, 2.24) is 5.32 Å². The summed E-state index contributed by atoms with van der Waals surface area (Å²) in [6.07, 6.45) is 1.09. The van der Waals surface area contributed by atoms with Crippen molar-refractivity contribution in [3.63, 3.8) is 0 Å². The highest BCUT2D eigenvalue weighted by molar-refractivity contribution is 5.35. The molecule has 1 aromatic carbocycles. The Balaban J connectivity index is 2.78. The molecule has 0 aliphatic carbocycles. The molecule has 0 aliphatic rings. The number of benzene rings is 1. The molecule has 0 saturated carbocycles. The van der Waals surface area contributed by atoms with Crippen molar-refractivity contribution >= 4 is 0 Å². The topological polar surface area (TPSA) is 30.5 Å². The lowest BCUT2D eigenvalue weighted by molar-refractivity contribution is 0.0517. The number of nitrogens with one attached hydrogen (secondary N) is 1. The van der Waals surface area contributed by atoms with Gasteiger partial charge in [0.05, 0.1) is 13.2 Å². The first-order valence-electron chi connectivity index (χ1n) is 6.28. The van der Waals surface area contributed by atoms with Crippen LogP contribution in [-0.4, -0.2) is 26.8 Å². The van der Waals surface area contributed by atoms with Crippen LogP contribution in [0.1, 0.15) is 31.9 Å². The third kappa shape index (κ3) is 4.36. The van der Waals surface area contributed by atoms with Crippen LogP contribution in [0.3, 0.4) is 0 Å². The molecular weight excluding hydrogens is 214 g/mol. The van der Waals surface area contributed by atoms with Gasteiger partial charge in [0, 0.05) is 18.7 Å². The lowest BCUT2D eigenvalue weighted by Gasteiger charge is -2.20. The molecule has 0 fully saturated rings. The summed E-state index contributed by atoms with van der Waals surface area (Å²) in [4.78, 5) is 0. The SMILES string of the molecule is CCCOC(CNCC)c1ccccc1OC. The third-order valence-corrected chi connectivity index (χ3v) is 2.59. The van der Waals surface area contributed by atoms with E-state index in [0.29, 0.717) is 0 Å². The molecule has 3 heteroatoms. The Labute approximate surface area is 104 Å². The van der Waals surface area contributed by atoms with Crippen molar-refractivity contribution in [1.29, 1.82) is 0 Å². The molecule has 1 N–H and O–H groups in total. The van der Waals surface area contributed by atoms with E-state index >= 15 is 0 Å². The highest BCUT2D eigenvalue weighted by Gasteiger charge is 2.15. The second kappa shape index (κ2) is 8.09. The largest absolute Gasteiger partial charge is 0.496 e. The van der Waals surface area contributed by atoms with Gasteiger partial charge < -0.3 is 14.8 Å². The fraction of sp³-hybridized carbons (Fsp3) is 0.571. The average molecular weight is 237 g/mol. The maximum absolute atomic E-state index is 5.88. The highest BCUT2D eigenvalue weighted by Crippen LogP contribution is 2.27. The zero-order valence-corrected chi connectivity index (χ0v) is 11.0. The molecule has 1 atom stereocenters. The van der Waals surface area contributed by atoms with Gasteiger partial charge in [0.25, 0.3) is 0 Å². The van der Waals surface area contributed by atoms with Gasteiger partial charge in [-0.3, -0.25) is 0 Å². The van der Waals surface area contributed by atoms with Crippen molar-refractivity contribution in [2.24, 2.45) is 0 Å². The quantitative estimate of drug-likeness (QED) is 0.754. The average Bonchev–Trinajstić information content (AvgIpc) is 2.39. The predicted molar refractivity (Wildman–Crippen MR) is 70.5 cm³/mol. The number of ether oxygens (including phenoxy) is 2. The van der Waals surface area contributed by atoms with Crippen molar-refractivity contribution in [3.05, 3.63) is 29.8 Å². The van der Waals surface area contributed by atoms with Crippen LogP contribution < -0.4 is 10.1 Å². The van der Waals surface area contributed by atoms with Gasteiger partial charge in [0.15, 0.2) is 0 Å². The van der Waals surface area contributed by atoms with Crippen LogP contribution in [0.5, 0.6) is 5.75 Å². The van der Waals surface area contributed by atoms with Gasteiger partial charge in [0.2, 0.25) is 0 Å². The lowest BCUT2D eigenvalue weighted by Crippen LogP contribution is -2.23. The molecule has 0 heterocycles. The van der Waals surface area contributed by atoms with E-state index in [-0.39, 0.29) is 6.10 Å². The minimum absolute atomic E-state index is 0.0612. The van der Waals surface area contributed by atoms with Crippen LogP contribution in [0.25, 0.3) is 0 Å². The normalized spacial score (nSPS) is 12.4. The van der Waals surface area contributed by atoms with Crippen molar-refractivity contribution in [2.75, 3.05) is 26.8 Å². The number of para-hydroxylation sites is 1. The molecule has 0 aromatic heterocycles. The highest BCUT2D eigenvalue weighted by atomic mass is 16.5. The number of rotatable bonds is 8. The Kier molecular flexibility index (Phi) is 6.67. The Morgan fingerprint density at radius 1 is 1.24 bits per heavy atom. The van der Waals surface area contributed by atoms with Crippen LogP contribution in [0.2, 0.25) is 0 Å². The zero-order valence-electron chi connectivity index (χ0n) is 11.0. The summed E-state index contributed by atoms with van der Waals surface area (Å²) < 4.78 is 11.3. The fourth-order valence-electron chi connectivity index (χ4n) is 1.73. The maximum Gasteiger partial charge on any atom is 0.124 e. The summed E-state index contributed by atoms with van der Waals surface area (Å²) in [5.74, 6) is 0.895. The first-order valence-corrected chi connectivity index (χ1v) is 6.28. The van der Waals surface area contributed by atoms with Crippen molar-refractivity contribution in [3.8, 4) is 5.75 Å². The van der Waals surface area contributed by atoms with Gasteiger partial charge in [-0.05, 0) is 19.0 Å². The minimum atomic E-state index is 0.0612. The molecule has 17 heavy (non-hydrogen) atoms. The monoisotopic (exact) mass is 237 g/mol. The van der Waals surface area contributed by atoms with Crippen LogP contribution in [-0.2, 0) is 4.74 Å². The van der Waals surface area contributed by atoms with E-state index in [9.17, 15) is 0 Å². The Hall–Kier alpha value is -1.06. The molecule has 0 spiro atoms. The number of hydrogen-bond donors (Lipinski definition) is 1. The van der Waals surface area contributed by atoms with Gasteiger partial charge in [-0.1, -0.05) is 32.0 Å². The maximum atomic E-state index is 5.88. The summed E-state index contributed by atoms with van der Waals surface area (Å²) in [5, 5.41) is 3.33. The van der Waals surface area contributed by atoms with E-state index in [0.717, 1.165) is 37.4 Å². The predicted octanol–water partition coefficient (Wildman–Crippen LogP) is 2.77. The summed E-state index contributed by atoms with van der Waals surface area (Å²) >= 11 is 0.